The molecule has 0 aliphatic heterocycles. The van der Waals surface area contributed by atoms with Gasteiger partial charge < -0.3 is 10.2 Å². The van der Waals surface area contributed by atoms with Gasteiger partial charge in [-0.05, 0) is 72.3 Å². The van der Waals surface area contributed by atoms with Gasteiger partial charge in [0, 0.05) is 30.4 Å². The van der Waals surface area contributed by atoms with E-state index in [9.17, 15) is 4.79 Å². The zero-order chi connectivity index (χ0) is 22.1. The molecule has 0 aliphatic carbocycles. The second-order valence-electron chi connectivity index (χ2n) is 7.53. The zero-order valence-electron chi connectivity index (χ0n) is 17.5. The van der Waals surface area contributed by atoms with Crippen LogP contribution in [0.4, 0.5) is 5.69 Å². The van der Waals surface area contributed by atoms with E-state index in [1.807, 2.05) is 69.6 Å². The molecule has 0 unspecified atom stereocenters. The van der Waals surface area contributed by atoms with Crippen molar-refractivity contribution in [1.29, 1.82) is 5.41 Å². The van der Waals surface area contributed by atoms with E-state index in [4.69, 9.17) is 17.0 Å². The number of carbonyl (C=O) groups excluding carboxylic acids is 1. The van der Waals surface area contributed by atoms with Crippen molar-refractivity contribution in [3.8, 4) is 5.69 Å². The molecule has 0 atom stereocenters. The Bertz CT molecular complexity index is 1290. The monoisotopic (exact) mass is 431 g/mol. The highest BCUT2D eigenvalue weighted by Crippen LogP contribution is 2.23. The number of benzene rings is 3. The summed E-state index contributed by atoms with van der Waals surface area (Å²) >= 11 is 6.08. The Balaban J connectivity index is 1.62. The fraction of sp³-hybridized carbons (Fsp3) is 0.125. The van der Waals surface area contributed by atoms with Gasteiger partial charge in [-0.25, -0.2) is 4.68 Å². The van der Waals surface area contributed by atoms with Crippen molar-refractivity contribution < 1.29 is 4.79 Å². The van der Waals surface area contributed by atoms with Crippen LogP contribution in [0.1, 0.15) is 21.7 Å². The first kappa shape index (κ1) is 20.6. The first-order valence-electron chi connectivity index (χ1n) is 9.76. The van der Waals surface area contributed by atoms with Gasteiger partial charge >= 0.3 is 0 Å². The van der Waals surface area contributed by atoms with E-state index < -0.39 is 0 Å². The summed E-state index contributed by atoms with van der Waals surface area (Å²) in [4.78, 5) is 14.7. The maximum Gasteiger partial charge on any atom is 0.274 e. The maximum atomic E-state index is 13.0. The van der Waals surface area contributed by atoms with Gasteiger partial charge in [-0.2, -0.15) is 5.10 Å². The minimum Gasteiger partial charge on any atom is -0.363 e. The molecule has 4 rings (SSSR count). The van der Waals surface area contributed by atoms with Crippen molar-refractivity contribution in [2.75, 3.05) is 19.4 Å². The van der Waals surface area contributed by atoms with Crippen LogP contribution in [-0.4, -0.2) is 40.5 Å². The lowest BCUT2D eigenvalue weighted by Gasteiger charge is -2.14. The van der Waals surface area contributed by atoms with Crippen LogP contribution in [0.5, 0.6) is 0 Å². The second kappa shape index (κ2) is 8.24. The topological polar surface area (TPSA) is 74.0 Å². The standard InChI is InChI=1S/C24H22ClN5O/c1-15-12-22(24(31)27-20-9-5-16(6-10-20)23(26)29(2)3)30(28-15)21-11-7-17-13-19(25)8-4-18(17)14-21/h4-14,26H,1-3H3,(H,27,31). The molecule has 0 bridgehead atoms. The van der Waals surface area contributed by atoms with Crippen LogP contribution in [0, 0.1) is 12.3 Å². The van der Waals surface area contributed by atoms with Gasteiger partial charge in [-0.15, -0.1) is 0 Å². The summed E-state index contributed by atoms with van der Waals surface area (Å²) in [5, 5.41) is 18.2. The van der Waals surface area contributed by atoms with Crippen LogP contribution >= 0.6 is 11.6 Å². The minimum absolute atomic E-state index is 0.257. The SMILES string of the molecule is Cc1cc(C(=O)Nc2ccc(C(=N)N(C)C)cc2)n(-c2ccc3cc(Cl)ccc3c2)n1. The average Bonchev–Trinajstić information content (AvgIpc) is 3.15. The van der Waals surface area contributed by atoms with Crippen molar-refractivity contribution in [1.82, 2.24) is 14.7 Å². The molecule has 4 aromatic rings. The van der Waals surface area contributed by atoms with Crippen LogP contribution in [0.25, 0.3) is 16.5 Å². The number of carbonyl (C=O) groups is 1. The molecule has 0 aliphatic rings. The van der Waals surface area contributed by atoms with Crippen LogP contribution in [0.15, 0.2) is 66.7 Å². The number of hydrogen-bond acceptors (Lipinski definition) is 3. The van der Waals surface area contributed by atoms with E-state index >= 15 is 0 Å². The Kier molecular flexibility index (Phi) is 5.48. The predicted octanol–water partition coefficient (Wildman–Crippen LogP) is 5.13. The van der Waals surface area contributed by atoms with Gasteiger partial charge in [-0.1, -0.05) is 23.7 Å². The summed E-state index contributed by atoms with van der Waals surface area (Å²) in [5.74, 6) is 0.149. The molecule has 0 saturated carbocycles. The predicted molar refractivity (Wildman–Crippen MR) is 126 cm³/mol. The fourth-order valence-electron chi connectivity index (χ4n) is 3.36. The van der Waals surface area contributed by atoms with Gasteiger partial charge in [0.2, 0.25) is 0 Å². The van der Waals surface area contributed by atoms with Crippen molar-refractivity contribution in [2.24, 2.45) is 0 Å². The van der Waals surface area contributed by atoms with Crippen molar-refractivity contribution in [2.45, 2.75) is 6.92 Å². The molecule has 7 heteroatoms. The lowest BCUT2D eigenvalue weighted by Crippen LogP contribution is -2.21. The molecule has 0 saturated heterocycles. The number of hydrogen-bond donors (Lipinski definition) is 2. The number of anilines is 1. The second-order valence-corrected chi connectivity index (χ2v) is 7.97. The number of nitrogens with zero attached hydrogens (tertiary/aromatic N) is 3. The Labute approximate surface area is 185 Å². The third-order valence-corrected chi connectivity index (χ3v) is 5.19. The number of rotatable bonds is 4. The van der Waals surface area contributed by atoms with Crippen LogP contribution in [-0.2, 0) is 0 Å². The largest absolute Gasteiger partial charge is 0.363 e. The number of halogens is 1. The van der Waals surface area contributed by atoms with E-state index in [0.29, 0.717) is 22.2 Å². The molecular formula is C24H22ClN5O. The van der Waals surface area contributed by atoms with Gasteiger partial charge in [0.25, 0.3) is 5.91 Å². The highest BCUT2D eigenvalue weighted by molar-refractivity contribution is 6.31. The summed E-state index contributed by atoms with van der Waals surface area (Å²) in [7, 11) is 3.64. The maximum absolute atomic E-state index is 13.0. The first-order chi connectivity index (χ1) is 14.8. The third kappa shape index (κ3) is 4.29. The van der Waals surface area contributed by atoms with Crippen molar-refractivity contribution >= 4 is 39.8 Å². The van der Waals surface area contributed by atoms with Gasteiger partial charge in [0.05, 0.1) is 11.4 Å². The number of amides is 1. The van der Waals surface area contributed by atoms with Crippen molar-refractivity contribution in [3.05, 3.63) is 88.7 Å². The molecule has 0 spiro atoms. The van der Waals surface area contributed by atoms with E-state index in [1.165, 1.54) is 0 Å². The number of aromatic nitrogens is 2. The van der Waals surface area contributed by atoms with Crippen molar-refractivity contribution in [3.63, 3.8) is 0 Å². The summed E-state index contributed by atoms with van der Waals surface area (Å²) in [6.45, 7) is 1.86. The van der Waals surface area contributed by atoms with Crippen LogP contribution < -0.4 is 5.32 Å². The van der Waals surface area contributed by atoms with E-state index in [1.54, 1.807) is 27.8 Å². The van der Waals surface area contributed by atoms with Gasteiger partial charge in [0.1, 0.15) is 11.5 Å². The molecule has 3 aromatic carbocycles. The molecule has 0 radical (unpaired) electrons. The van der Waals surface area contributed by atoms with E-state index in [-0.39, 0.29) is 5.91 Å². The van der Waals surface area contributed by atoms with Gasteiger partial charge in [-0.3, -0.25) is 10.2 Å². The number of nitrogens with one attached hydrogen (secondary N) is 2. The molecular weight excluding hydrogens is 410 g/mol. The minimum atomic E-state index is -0.257. The Morgan fingerprint density at radius 3 is 2.39 bits per heavy atom. The first-order valence-corrected chi connectivity index (χ1v) is 10.1. The quantitative estimate of drug-likeness (QED) is 0.347. The summed E-state index contributed by atoms with van der Waals surface area (Å²) in [5.41, 5.74) is 3.41. The molecule has 6 nitrogen and oxygen atoms in total. The molecule has 2 N–H and O–H groups in total. The van der Waals surface area contributed by atoms with Crippen LogP contribution in [0.2, 0.25) is 5.02 Å². The Morgan fingerprint density at radius 2 is 1.68 bits per heavy atom. The van der Waals surface area contributed by atoms with E-state index in [2.05, 4.69) is 10.4 Å². The fourth-order valence-corrected chi connectivity index (χ4v) is 3.54. The lowest BCUT2D eigenvalue weighted by atomic mass is 10.1. The summed E-state index contributed by atoms with van der Waals surface area (Å²) in [6, 6.07) is 20.5. The number of aryl methyl sites for hydroxylation is 1. The Morgan fingerprint density at radius 1 is 1.00 bits per heavy atom. The summed E-state index contributed by atoms with van der Waals surface area (Å²) < 4.78 is 1.65. The lowest BCUT2D eigenvalue weighted by molar-refractivity contribution is 0.101. The molecule has 31 heavy (non-hydrogen) atoms. The van der Waals surface area contributed by atoms with E-state index in [0.717, 1.165) is 27.7 Å². The molecule has 156 valence electrons. The number of fused-ring (bicyclic) bond motifs is 1. The summed E-state index contributed by atoms with van der Waals surface area (Å²) in [6.07, 6.45) is 0. The highest BCUT2D eigenvalue weighted by atomic mass is 35.5. The third-order valence-electron chi connectivity index (χ3n) is 4.96. The van der Waals surface area contributed by atoms with Gasteiger partial charge in [0.15, 0.2) is 0 Å². The average molecular weight is 432 g/mol. The highest BCUT2D eigenvalue weighted by Gasteiger charge is 2.16. The van der Waals surface area contributed by atoms with Crippen LogP contribution in [0.3, 0.4) is 0 Å². The Hall–Kier alpha value is -3.64. The molecule has 1 aromatic heterocycles. The zero-order valence-corrected chi connectivity index (χ0v) is 18.2. The normalized spacial score (nSPS) is 10.8. The molecule has 0 fully saturated rings. The molecule has 1 amide bonds. The number of amidine groups is 1. The smallest absolute Gasteiger partial charge is 0.274 e. The molecule has 1 heterocycles.